The molecule has 2 heterocycles. The van der Waals surface area contributed by atoms with Crippen LogP contribution in [0.4, 0.5) is 5.69 Å². The summed E-state index contributed by atoms with van der Waals surface area (Å²) in [5.74, 6) is -0.179. The van der Waals surface area contributed by atoms with Crippen LogP contribution >= 0.6 is 11.3 Å². The first kappa shape index (κ1) is 16.2. The molecular formula is C16H18N2O3S2. The average molecular weight is 350 g/mol. The standard InChI is InChI=1S/C16H18N2O3S2/c1-10-6-11(2)13-4-3-5-18(14(13)7-10)16(19)12-8-15(22-9-12)23(17,20)21/h6-9H,3-5H2,1-2H3,(H2,17,20,21). The van der Waals surface area contributed by atoms with Gasteiger partial charge in [-0.15, -0.1) is 11.3 Å². The molecule has 0 atom stereocenters. The Balaban J connectivity index is 2.01. The van der Waals surface area contributed by atoms with Gasteiger partial charge in [-0.25, -0.2) is 13.6 Å². The number of nitrogens with zero attached hydrogens (tertiary/aromatic N) is 1. The van der Waals surface area contributed by atoms with Crippen molar-refractivity contribution in [1.82, 2.24) is 0 Å². The predicted molar refractivity (Wildman–Crippen MR) is 91.6 cm³/mol. The maximum absolute atomic E-state index is 12.8. The summed E-state index contributed by atoms with van der Waals surface area (Å²) in [6.45, 7) is 4.70. The number of rotatable bonds is 2. The molecule has 3 rings (SSSR count). The van der Waals surface area contributed by atoms with Crippen LogP contribution in [0.5, 0.6) is 0 Å². The largest absolute Gasteiger partial charge is 0.308 e. The minimum atomic E-state index is -3.77. The van der Waals surface area contributed by atoms with Gasteiger partial charge in [0.2, 0.25) is 10.0 Å². The van der Waals surface area contributed by atoms with Crippen LogP contribution < -0.4 is 10.0 Å². The van der Waals surface area contributed by atoms with E-state index in [0.29, 0.717) is 12.1 Å². The van der Waals surface area contributed by atoms with Gasteiger partial charge in [-0.3, -0.25) is 4.79 Å². The van der Waals surface area contributed by atoms with Crippen molar-refractivity contribution in [2.75, 3.05) is 11.4 Å². The molecule has 1 aromatic carbocycles. The lowest BCUT2D eigenvalue weighted by Gasteiger charge is -2.31. The molecule has 23 heavy (non-hydrogen) atoms. The normalized spacial score (nSPS) is 14.7. The highest BCUT2D eigenvalue weighted by molar-refractivity contribution is 7.91. The number of carbonyl (C=O) groups excluding carboxylic acids is 1. The number of hydrogen-bond donors (Lipinski definition) is 1. The second-order valence-electron chi connectivity index (χ2n) is 5.84. The monoisotopic (exact) mass is 350 g/mol. The Morgan fingerprint density at radius 3 is 2.65 bits per heavy atom. The van der Waals surface area contributed by atoms with E-state index in [1.807, 2.05) is 13.0 Å². The maximum Gasteiger partial charge on any atom is 0.259 e. The third kappa shape index (κ3) is 3.04. The third-order valence-corrected chi connectivity index (χ3v) is 6.43. The van der Waals surface area contributed by atoms with Crippen molar-refractivity contribution in [3.8, 4) is 0 Å². The first-order valence-corrected chi connectivity index (χ1v) is 9.73. The molecule has 0 saturated heterocycles. The number of carbonyl (C=O) groups is 1. The second-order valence-corrected chi connectivity index (χ2v) is 8.54. The third-order valence-electron chi connectivity index (χ3n) is 4.04. The number of primary sulfonamides is 1. The lowest BCUT2D eigenvalue weighted by Crippen LogP contribution is -2.35. The van der Waals surface area contributed by atoms with Crippen molar-refractivity contribution in [3.05, 3.63) is 45.8 Å². The summed E-state index contributed by atoms with van der Waals surface area (Å²) in [6, 6.07) is 5.50. The molecule has 1 aliphatic heterocycles. The maximum atomic E-state index is 12.8. The molecule has 1 amide bonds. The van der Waals surface area contributed by atoms with Crippen molar-refractivity contribution in [1.29, 1.82) is 0 Å². The Morgan fingerprint density at radius 2 is 2.00 bits per heavy atom. The number of hydrogen-bond acceptors (Lipinski definition) is 4. The molecule has 0 bridgehead atoms. The van der Waals surface area contributed by atoms with E-state index in [0.717, 1.165) is 35.4 Å². The summed E-state index contributed by atoms with van der Waals surface area (Å²) in [7, 11) is -3.77. The number of anilines is 1. The molecule has 2 aromatic rings. The number of fused-ring (bicyclic) bond motifs is 1. The van der Waals surface area contributed by atoms with Crippen LogP contribution in [-0.4, -0.2) is 20.9 Å². The van der Waals surface area contributed by atoms with Crippen LogP contribution in [0.3, 0.4) is 0 Å². The van der Waals surface area contributed by atoms with E-state index in [1.165, 1.54) is 17.2 Å². The molecular weight excluding hydrogens is 332 g/mol. The summed E-state index contributed by atoms with van der Waals surface area (Å²) in [6.07, 6.45) is 1.85. The number of benzene rings is 1. The van der Waals surface area contributed by atoms with Crippen molar-refractivity contribution in [2.45, 2.75) is 30.9 Å². The minimum Gasteiger partial charge on any atom is -0.308 e. The van der Waals surface area contributed by atoms with Gasteiger partial charge in [0.05, 0.1) is 5.56 Å². The predicted octanol–water partition coefficient (Wildman–Crippen LogP) is 2.61. The van der Waals surface area contributed by atoms with E-state index in [1.54, 1.807) is 10.3 Å². The molecule has 5 nitrogen and oxygen atoms in total. The molecule has 0 spiro atoms. The number of sulfonamides is 1. The molecule has 7 heteroatoms. The summed E-state index contributed by atoms with van der Waals surface area (Å²) in [5.41, 5.74) is 4.79. The lowest BCUT2D eigenvalue weighted by molar-refractivity contribution is 0.0985. The van der Waals surface area contributed by atoms with Crippen LogP contribution in [0.25, 0.3) is 0 Å². The van der Waals surface area contributed by atoms with Gasteiger partial charge in [0, 0.05) is 17.6 Å². The first-order valence-electron chi connectivity index (χ1n) is 7.30. The van der Waals surface area contributed by atoms with Crippen molar-refractivity contribution < 1.29 is 13.2 Å². The van der Waals surface area contributed by atoms with Crippen molar-refractivity contribution in [3.63, 3.8) is 0 Å². The fourth-order valence-corrected chi connectivity index (χ4v) is 4.60. The van der Waals surface area contributed by atoms with Gasteiger partial charge in [0.1, 0.15) is 4.21 Å². The Kier molecular flexibility index (Phi) is 4.03. The Morgan fingerprint density at radius 1 is 1.26 bits per heavy atom. The topological polar surface area (TPSA) is 80.5 Å². The summed E-state index contributed by atoms with van der Waals surface area (Å²) in [4.78, 5) is 14.6. The van der Waals surface area contributed by atoms with E-state index >= 15 is 0 Å². The van der Waals surface area contributed by atoms with Gasteiger partial charge in [-0.1, -0.05) is 6.07 Å². The Hall–Kier alpha value is -1.70. The van der Waals surface area contributed by atoms with Crippen LogP contribution in [-0.2, 0) is 16.4 Å². The lowest BCUT2D eigenvalue weighted by atomic mass is 9.94. The van der Waals surface area contributed by atoms with Crippen LogP contribution in [0.2, 0.25) is 0 Å². The highest BCUT2D eigenvalue weighted by Crippen LogP contribution is 2.33. The van der Waals surface area contributed by atoms with Gasteiger partial charge in [-0.05, 0) is 55.5 Å². The number of aryl methyl sites for hydroxylation is 2. The smallest absolute Gasteiger partial charge is 0.259 e. The van der Waals surface area contributed by atoms with Gasteiger partial charge in [0.25, 0.3) is 5.91 Å². The molecule has 0 aliphatic carbocycles. The Labute approximate surface area is 139 Å². The Bertz CT molecular complexity index is 885. The zero-order valence-electron chi connectivity index (χ0n) is 13.0. The second kappa shape index (κ2) is 5.74. The number of nitrogens with two attached hydrogens (primary N) is 1. The van der Waals surface area contributed by atoms with Crippen molar-refractivity contribution >= 4 is 33.0 Å². The molecule has 1 aliphatic rings. The highest BCUT2D eigenvalue weighted by atomic mass is 32.2. The van der Waals surface area contributed by atoms with E-state index in [2.05, 4.69) is 13.0 Å². The van der Waals surface area contributed by atoms with Crippen LogP contribution in [0, 0.1) is 13.8 Å². The van der Waals surface area contributed by atoms with E-state index in [-0.39, 0.29) is 10.1 Å². The first-order chi connectivity index (χ1) is 10.8. The molecule has 0 saturated carbocycles. The summed E-state index contributed by atoms with van der Waals surface area (Å²) >= 11 is 0.976. The average Bonchev–Trinajstić information content (AvgIpc) is 2.95. The summed E-state index contributed by atoms with van der Waals surface area (Å²) < 4.78 is 22.8. The molecule has 1 aromatic heterocycles. The highest BCUT2D eigenvalue weighted by Gasteiger charge is 2.26. The number of thiophene rings is 1. The molecule has 122 valence electrons. The molecule has 0 unspecified atom stereocenters. The van der Waals surface area contributed by atoms with Crippen LogP contribution in [0.15, 0.2) is 27.8 Å². The zero-order chi connectivity index (χ0) is 16.8. The fourth-order valence-electron chi connectivity index (χ4n) is 3.02. The zero-order valence-corrected chi connectivity index (χ0v) is 14.6. The van der Waals surface area contributed by atoms with Gasteiger partial charge in [-0.2, -0.15) is 0 Å². The minimum absolute atomic E-state index is 0.0125. The van der Waals surface area contributed by atoms with E-state index in [9.17, 15) is 13.2 Å². The van der Waals surface area contributed by atoms with Crippen molar-refractivity contribution in [2.24, 2.45) is 5.14 Å². The molecule has 0 fully saturated rings. The summed E-state index contributed by atoms with van der Waals surface area (Å²) in [5, 5.41) is 6.68. The fraction of sp³-hybridized carbons (Fsp3) is 0.312. The van der Waals surface area contributed by atoms with Crippen LogP contribution in [0.1, 0.15) is 33.5 Å². The van der Waals surface area contributed by atoms with Gasteiger partial charge >= 0.3 is 0 Å². The van der Waals surface area contributed by atoms with E-state index in [4.69, 9.17) is 5.14 Å². The molecule has 0 radical (unpaired) electrons. The number of amides is 1. The van der Waals surface area contributed by atoms with E-state index < -0.39 is 10.0 Å². The molecule has 2 N–H and O–H groups in total. The van der Waals surface area contributed by atoms with Gasteiger partial charge in [0.15, 0.2) is 0 Å². The quantitative estimate of drug-likeness (QED) is 0.904. The van der Waals surface area contributed by atoms with Gasteiger partial charge < -0.3 is 4.90 Å². The SMILES string of the molecule is Cc1cc(C)c2c(c1)N(C(=O)c1csc(S(N)(=O)=O)c1)CCC2.